The summed E-state index contributed by atoms with van der Waals surface area (Å²) in [5, 5.41) is 2.79. The maximum absolute atomic E-state index is 12.4. The number of ether oxygens (including phenoxy) is 2. The first-order chi connectivity index (χ1) is 13.2. The fourth-order valence-corrected chi connectivity index (χ4v) is 3.20. The van der Waals surface area contributed by atoms with E-state index in [9.17, 15) is 9.59 Å². The van der Waals surface area contributed by atoms with Crippen LogP contribution in [0.2, 0.25) is 18.1 Å². The van der Waals surface area contributed by atoms with Gasteiger partial charge in [-0.3, -0.25) is 4.79 Å². The normalized spacial score (nSPS) is 13.5. The first-order valence-electron chi connectivity index (χ1n) is 10.0. The quantitative estimate of drug-likeness (QED) is 0.469. The molecule has 1 aromatic carbocycles. The summed E-state index contributed by atoms with van der Waals surface area (Å²) in [5.41, 5.74) is 0.290. The van der Waals surface area contributed by atoms with Gasteiger partial charge in [0.2, 0.25) is 0 Å². The van der Waals surface area contributed by atoms with Crippen LogP contribution in [0.3, 0.4) is 0 Å². The Labute approximate surface area is 176 Å². The second kappa shape index (κ2) is 10.3. The molecule has 1 amide bonds. The summed E-state index contributed by atoms with van der Waals surface area (Å²) in [4.78, 5) is 24.6. The van der Waals surface area contributed by atoms with Crippen LogP contribution in [-0.2, 0) is 25.3 Å². The van der Waals surface area contributed by atoms with E-state index in [0.717, 1.165) is 5.56 Å². The lowest BCUT2D eigenvalue weighted by atomic mass is 10.2. The van der Waals surface area contributed by atoms with Crippen LogP contribution in [0, 0.1) is 0 Å². The molecule has 0 aliphatic heterocycles. The first-order valence-corrected chi connectivity index (χ1v) is 12.9. The molecule has 0 spiro atoms. The van der Waals surface area contributed by atoms with Crippen molar-refractivity contribution in [3.63, 3.8) is 0 Å². The van der Waals surface area contributed by atoms with Crippen LogP contribution in [0.4, 0.5) is 4.79 Å². The van der Waals surface area contributed by atoms with Gasteiger partial charge in [0.05, 0.1) is 19.1 Å². The summed E-state index contributed by atoms with van der Waals surface area (Å²) < 4.78 is 16.9. The molecule has 0 aliphatic rings. The maximum atomic E-state index is 12.4. The Morgan fingerprint density at radius 3 is 2.14 bits per heavy atom. The number of rotatable bonds is 8. The van der Waals surface area contributed by atoms with Crippen LogP contribution in [0.5, 0.6) is 0 Å². The number of carbonyl (C=O) groups excluding carboxylic acids is 2. The van der Waals surface area contributed by atoms with Crippen LogP contribution < -0.4 is 5.32 Å². The van der Waals surface area contributed by atoms with Gasteiger partial charge in [-0.25, -0.2) is 4.79 Å². The maximum Gasteiger partial charge on any atom is 0.407 e. The molecule has 0 bridgehead atoms. The van der Waals surface area contributed by atoms with Gasteiger partial charge in [-0.05, 0) is 44.5 Å². The van der Waals surface area contributed by atoms with Crippen molar-refractivity contribution >= 4 is 20.4 Å². The molecule has 1 rings (SSSR count). The number of amides is 1. The Bertz CT molecular complexity index is 662. The van der Waals surface area contributed by atoms with Crippen LogP contribution in [0.1, 0.15) is 53.5 Å². The van der Waals surface area contributed by atoms with Gasteiger partial charge in [0.25, 0.3) is 0 Å². The number of esters is 1. The standard InChI is InChI=1S/C22H37NO5Si/c1-21(2,3)28-20(25)23-18(16-27-29(7,8)22(4,5)6)14-19(24)26-15-17-12-10-9-11-13-17/h9-13,18H,14-16H2,1-8H3,(H,23,25)/t18-/m1/s1. The average Bonchev–Trinajstić information content (AvgIpc) is 2.56. The minimum atomic E-state index is -2.03. The molecule has 1 N–H and O–H groups in total. The summed E-state index contributed by atoms with van der Waals surface area (Å²) in [6.07, 6.45) is -0.557. The number of alkyl carbamates (subject to hydrolysis) is 1. The molecular weight excluding hydrogens is 386 g/mol. The van der Waals surface area contributed by atoms with E-state index in [1.165, 1.54) is 0 Å². The molecule has 0 fully saturated rings. The lowest BCUT2D eigenvalue weighted by Crippen LogP contribution is -2.48. The molecule has 0 aliphatic carbocycles. The van der Waals surface area contributed by atoms with E-state index in [4.69, 9.17) is 13.9 Å². The Morgan fingerprint density at radius 1 is 1.03 bits per heavy atom. The number of benzene rings is 1. The third-order valence-corrected chi connectivity index (χ3v) is 9.33. The van der Waals surface area contributed by atoms with Gasteiger partial charge >= 0.3 is 12.1 Å². The van der Waals surface area contributed by atoms with Crippen molar-refractivity contribution in [3.05, 3.63) is 35.9 Å². The summed E-state index contributed by atoms with van der Waals surface area (Å²) in [7, 11) is -2.03. The van der Waals surface area contributed by atoms with Crippen molar-refractivity contribution in [2.75, 3.05) is 6.61 Å². The Hall–Kier alpha value is -1.86. The van der Waals surface area contributed by atoms with Crippen LogP contribution in [0.15, 0.2) is 30.3 Å². The highest BCUT2D eigenvalue weighted by atomic mass is 28.4. The molecule has 0 saturated heterocycles. The predicted molar refractivity (Wildman–Crippen MR) is 117 cm³/mol. The molecule has 6 nitrogen and oxygen atoms in total. The van der Waals surface area contributed by atoms with E-state index in [-0.39, 0.29) is 24.7 Å². The zero-order chi connectivity index (χ0) is 22.3. The monoisotopic (exact) mass is 423 g/mol. The highest BCUT2D eigenvalue weighted by molar-refractivity contribution is 6.74. The highest BCUT2D eigenvalue weighted by Gasteiger charge is 2.38. The van der Waals surface area contributed by atoms with Crippen LogP contribution in [0.25, 0.3) is 0 Å². The Kier molecular flexibility index (Phi) is 8.90. The predicted octanol–water partition coefficient (Wildman–Crippen LogP) is 5.04. The van der Waals surface area contributed by atoms with Crippen molar-refractivity contribution in [1.29, 1.82) is 0 Å². The third kappa shape index (κ3) is 9.94. The van der Waals surface area contributed by atoms with Gasteiger partial charge in [-0.15, -0.1) is 0 Å². The fraction of sp³-hybridized carbons (Fsp3) is 0.636. The largest absolute Gasteiger partial charge is 0.461 e. The molecule has 0 heterocycles. The second-order valence-corrected chi connectivity index (χ2v) is 14.6. The minimum Gasteiger partial charge on any atom is -0.461 e. The Morgan fingerprint density at radius 2 is 1.62 bits per heavy atom. The minimum absolute atomic E-state index is 0.0146. The molecule has 7 heteroatoms. The molecule has 1 aromatic rings. The first kappa shape index (κ1) is 25.2. The van der Waals surface area contributed by atoms with Crippen molar-refractivity contribution in [2.45, 2.75) is 84.3 Å². The lowest BCUT2D eigenvalue weighted by molar-refractivity contribution is -0.145. The number of nitrogens with one attached hydrogen (secondary N) is 1. The third-order valence-electron chi connectivity index (χ3n) is 4.83. The van der Waals surface area contributed by atoms with Gasteiger partial charge in [0.1, 0.15) is 12.2 Å². The fourth-order valence-electron chi connectivity index (χ4n) is 2.15. The van der Waals surface area contributed by atoms with Gasteiger partial charge in [0, 0.05) is 0 Å². The summed E-state index contributed by atoms with van der Waals surface area (Å²) in [5.74, 6) is -0.395. The second-order valence-electron chi connectivity index (χ2n) is 9.76. The van der Waals surface area contributed by atoms with E-state index < -0.39 is 32.0 Å². The molecule has 0 saturated carbocycles. The van der Waals surface area contributed by atoms with Crippen LogP contribution >= 0.6 is 0 Å². The van der Waals surface area contributed by atoms with Crippen molar-refractivity contribution in [1.82, 2.24) is 5.32 Å². The van der Waals surface area contributed by atoms with Gasteiger partial charge in [-0.1, -0.05) is 51.1 Å². The number of carbonyl (C=O) groups is 2. The SMILES string of the molecule is CC(C)(C)OC(=O)N[C@@H](CO[Si](C)(C)C(C)(C)C)CC(=O)OCc1ccccc1. The van der Waals surface area contributed by atoms with Crippen LogP contribution in [-0.4, -0.2) is 38.6 Å². The smallest absolute Gasteiger partial charge is 0.407 e. The number of hydrogen-bond acceptors (Lipinski definition) is 5. The highest BCUT2D eigenvalue weighted by Crippen LogP contribution is 2.36. The zero-order valence-corrected chi connectivity index (χ0v) is 20.1. The van der Waals surface area contributed by atoms with E-state index in [2.05, 4.69) is 39.2 Å². The lowest BCUT2D eigenvalue weighted by Gasteiger charge is -2.37. The molecule has 0 aromatic heterocycles. The molecule has 1 atom stereocenters. The number of hydrogen-bond donors (Lipinski definition) is 1. The van der Waals surface area contributed by atoms with E-state index in [1.807, 2.05) is 30.3 Å². The molecular formula is C22H37NO5Si. The summed E-state index contributed by atoms with van der Waals surface area (Å²) in [6, 6.07) is 8.95. The van der Waals surface area contributed by atoms with Gasteiger partial charge < -0.3 is 19.2 Å². The topological polar surface area (TPSA) is 73.9 Å². The molecule has 164 valence electrons. The van der Waals surface area contributed by atoms with E-state index in [1.54, 1.807) is 20.8 Å². The molecule has 0 radical (unpaired) electrons. The summed E-state index contributed by atoms with van der Waals surface area (Å²) in [6.45, 7) is 16.5. The summed E-state index contributed by atoms with van der Waals surface area (Å²) >= 11 is 0. The zero-order valence-electron chi connectivity index (χ0n) is 19.1. The van der Waals surface area contributed by atoms with Gasteiger partial charge in [0.15, 0.2) is 8.32 Å². The van der Waals surface area contributed by atoms with E-state index in [0.29, 0.717) is 0 Å². The van der Waals surface area contributed by atoms with Crippen molar-refractivity contribution in [3.8, 4) is 0 Å². The van der Waals surface area contributed by atoms with Crippen molar-refractivity contribution < 1.29 is 23.5 Å². The molecule has 0 unspecified atom stereocenters. The Balaban J connectivity index is 2.72. The van der Waals surface area contributed by atoms with E-state index >= 15 is 0 Å². The molecule has 29 heavy (non-hydrogen) atoms. The average molecular weight is 424 g/mol. The van der Waals surface area contributed by atoms with Gasteiger partial charge in [-0.2, -0.15) is 0 Å². The van der Waals surface area contributed by atoms with Crippen molar-refractivity contribution in [2.24, 2.45) is 0 Å².